The van der Waals surface area contributed by atoms with Crippen LogP contribution in [0.3, 0.4) is 0 Å². The summed E-state index contributed by atoms with van der Waals surface area (Å²) in [6.45, 7) is 1.96. The Bertz CT molecular complexity index is 1210. The molecule has 1 amide bonds. The molecule has 0 saturated carbocycles. The Morgan fingerprint density at radius 3 is 2.52 bits per heavy atom. The summed E-state index contributed by atoms with van der Waals surface area (Å²) >= 11 is 1.46. The Hall–Kier alpha value is -3.15. The van der Waals surface area contributed by atoms with E-state index < -0.39 is 15.9 Å². The molecular formula is C22H26N4O5S2. The first-order valence-electron chi connectivity index (χ1n) is 10.1. The molecular weight excluding hydrogens is 464 g/mol. The Labute approximate surface area is 197 Å². The quantitative estimate of drug-likeness (QED) is 0.447. The summed E-state index contributed by atoms with van der Waals surface area (Å²) in [5, 5.41) is 8.40. The van der Waals surface area contributed by atoms with Crippen LogP contribution in [-0.4, -0.2) is 58.0 Å². The van der Waals surface area contributed by atoms with Crippen LogP contribution in [0.5, 0.6) is 11.5 Å². The number of likely N-dealkylation sites (N-methyl/N-ethyl adjacent to an activating group) is 1. The Morgan fingerprint density at radius 2 is 1.91 bits per heavy atom. The third-order valence-corrected chi connectivity index (χ3v) is 7.37. The van der Waals surface area contributed by atoms with Gasteiger partial charge in [-0.1, -0.05) is 0 Å². The molecule has 176 valence electrons. The Balaban J connectivity index is 1.74. The van der Waals surface area contributed by atoms with Crippen molar-refractivity contribution in [2.45, 2.75) is 11.8 Å². The maximum atomic E-state index is 12.8. The summed E-state index contributed by atoms with van der Waals surface area (Å²) < 4.78 is 37.4. The minimum Gasteiger partial charge on any atom is -0.495 e. The molecule has 0 aliphatic heterocycles. The van der Waals surface area contributed by atoms with Gasteiger partial charge in [0, 0.05) is 25.0 Å². The number of amides is 1. The molecule has 0 fully saturated rings. The lowest BCUT2D eigenvalue weighted by atomic mass is 10.1. The van der Waals surface area contributed by atoms with Crippen molar-refractivity contribution in [3.63, 3.8) is 0 Å². The van der Waals surface area contributed by atoms with Gasteiger partial charge in [-0.05, 0) is 49.4 Å². The standard InChI is InChI=1S/C22H26N4O5S2/c1-5-31-16-7-9-17(10-8-16)33(28,29)26(3)13-21(27)24-18-12-15(6-11-20(18)30-4)19-14-32-22(23-2)25-19/h6-12,14H,5,13H2,1-4H3,(H,23,25)(H,24,27). The first-order valence-corrected chi connectivity index (χ1v) is 12.4. The molecule has 0 aliphatic rings. The lowest BCUT2D eigenvalue weighted by Gasteiger charge is -2.18. The zero-order valence-electron chi connectivity index (χ0n) is 18.8. The number of hydrogen-bond donors (Lipinski definition) is 2. The van der Waals surface area contributed by atoms with Crippen molar-refractivity contribution < 1.29 is 22.7 Å². The van der Waals surface area contributed by atoms with Crippen LogP contribution < -0.4 is 20.1 Å². The topological polar surface area (TPSA) is 110 Å². The fourth-order valence-corrected chi connectivity index (χ4v) is 4.83. The molecule has 0 atom stereocenters. The van der Waals surface area contributed by atoms with E-state index in [0.717, 1.165) is 20.7 Å². The van der Waals surface area contributed by atoms with Crippen molar-refractivity contribution in [2.24, 2.45) is 0 Å². The van der Waals surface area contributed by atoms with Gasteiger partial charge in [-0.3, -0.25) is 4.79 Å². The van der Waals surface area contributed by atoms with Crippen LogP contribution in [0.4, 0.5) is 10.8 Å². The molecule has 1 aromatic heterocycles. The number of methoxy groups -OCH3 is 1. The summed E-state index contributed by atoms with van der Waals surface area (Å²) in [5.74, 6) is 0.524. The number of aromatic nitrogens is 1. The molecule has 3 rings (SSSR count). The molecule has 0 saturated heterocycles. The highest BCUT2D eigenvalue weighted by molar-refractivity contribution is 7.89. The second kappa shape index (κ2) is 10.6. The summed E-state index contributed by atoms with van der Waals surface area (Å²) in [5.41, 5.74) is 1.96. The number of sulfonamides is 1. The van der Waals surface area contributed by atoms with Crippen molar-refractivity contribution in [2.75, 3.05) is 45.0 Å². The molecule has 0 unspecified atom stereocenters. The second-order valence-electron chi connectivity index (χ2n) is 6.92. The number of benzene rings is 2. The molecule has 3 aromatic rings. The molecule has 9 nitrogen and oxygen atoms in total. The SMILES string of the molecule is CCOc1ccc(S(=O)(=O)N(C)CC(=O)Nc2cc(-c3csc(NC)n3)ccc2OC)cc1. The molecule has 0 aliphatic carbocycles. The van der Waals surface area contributed by atoms with Crippen LogP contribution in [0.25, 0.3) is 11.3 Å². The highest BCUT2D eigenvalue weighted by Gasteiger charge is 2.23. The van der Waals surface area contributed by atoms with Gasteiger partial charge in [-0.25, -0.2) is 13.4 Å². The van der Waals surface area contributed by atoms with E-state index in [1.165, 1.54) is 37.6 Å². The van der Waals surface area contributed by atoms with Crippen molar-refractivity contribution in [1.82, 2.24) is 9.29 Å². The molecule has 2 aromatic carbocycles. The normalized spacial score (nSPS) is 11.3. The minimum absolute atomic E-state index is 0.0738. The van der Waals surface area contributed by atoms with Gasteiger partial charge in [0.15, 0.2) is 5.13 Å². The van der Waals surface area contributed by atoms with E-state index >= 15 is 0 Å². The first-order chi connectivity index (χ1) is 15.8. The predicted molar refractivity (Wildman–Crippen MR) is 130 cm³/mol. The van der Waals surface area contributed by atoms with Crippen molar-refractivity contribution in [1.29, 1.82) is 0 Å². The number of carbonyl (C=O) groups is 1. The van der Waals surface area contributed by atoms with E-state index in [4.69, 9.17) is 9.47 Å². The van der Waals surface area contributed by atoms with Crippen LogP contribution in [0.2, 0.25) is 0 Å². The third kappa shape index (κ3) is 5.81. The number of thiazole rings is 1. The molecule has 1 heterocycles. The zero-order valence-corrected chi connectivity index (χ0v) is 20.4. The summed E-state index contributed by atoms with van der Waals surface area (Å²) in [6.07, 6.45) is 0. The van der Waals surface area contributed by atoms with E-state index in [9.17, 15) is 13.2 Å². The van der Waals surface area contributed by atoms with E-state index in [-0.39, 0.29) is 11.4 Å². The summed E-state index contributed by atoms with van der Waals surface area (Å²) in [4.78, 5) is 17.2. The number of rotatable bonds is 10. The lowest BCUT2D eigenvalue weighted by molar-refractivity contribution is -0.116. The van der Waals surface area contributed by atoms with Crippen molar-refractivity contribution in [3.05, 3.63) is 47.8 Å². The molecule has 0 bridgehead atoms. The van der Waals surface area contributed by atoms with Crippen LogP contribution in [0.15, 0.2) is 52.7 Å². The van der Waals surface area contributed by atoms with E-state index in [1.54, 1.807) is 31.3 Å². The number of ether oxygens (including phenoxy) is 2. The average Bonchev–Trinajstić information content (AvgIpc) is 3.29. The molecule has 33 heavy (non-hydrogen) atoms. The van der Waals surface area contributed by atoms with E-state index in [0.29, 0.717) is 23.8 Å². The number of hydrogen-bond acceptors (Lipinski definition) is 8. The van der Waals surface area contributed by atoms with Gasteiger partial charge in [0.1, 0.15) is 11.5 Å². The molecule has 2 N–H and O–H groups in total. The van der Waals surface area contributed by atoms with Gasteiger partial charge in [0.2, 0.25) is 15.9 Å². The maximum absolute atomic E-state index is 12.8. The second-order valence-corrected chi connectivity index (χ2v) is 9.82. The Morgan fingerprint density at radius 1 is 1.18 bits per heavy atom. The van der Waals surface area contributed by atoms with Crippen LogP contribution in [0.1, 0.15) is 6.92 Å². The van der Waals surface area contributed by atoms with Gasteiger partial charge in [0.25, 0.3) is 0 Å². The lowest BCUT2D eigenvalue weighted by Crippen LogP contribution is -2.35. The largest absolute Gasteiger partial charge is 0.495 e. The highest BCUT2D eigenvalue weighted by atomic mass is 32.2. The number of nitrogens with zero attached hydrogens (tertiary/aromatic N) is 2. The highest BCUT2D eigenvalue weighted by Crippen LogP contribution is 2.32. The van der Waals surface area contributed by atoms with Gasteiger partial charge in [-0.15, -0.1) is 11.3 Å². The molecule has 11 heteroatoms. The van der Waals surface area contributed by atoms with Crippen molar-refractivity contribution >= 4 is 38.1 Å². The summed E-state index contributed by atoms with van der Waals surface area (Å²) in [6, 6.07) is 11.4. The fourth-order valence-electron chi connectivity index (χ4n) is 3.02. The third-order valence-electron chi connectivity index (χ3n) is 4.70. The maximum Gasteiger partial charge on any atom is 0.243 e. The molecule has 0 spiro atoms. The number of carbonyl (C=O) groups excluding carboxylic acids is 1. The number of nitrogens with one attached hydrogen (secondary N) is 2. The van der Waals surface area contributed by atoms with Crippen molar-refractivity contribution in [3.8, 4) is 22.8 Å². The fraction of sp³-hybridized carbons (Fsp3) is 0.273. The van der Waals surface area contributed by atoms with E-state index in [1.807, 2.05) is 18.4 Å². The van der Waals surface area contributed by atoms with Crippen LogP contribution in [-0.2, 0) is 14.8 Å². The van der Waals surface area contributed by atoms with Crippen LogP contribution in [0, 0.1) is 0 Å². The van der Waals surface area contributed by atoms with Crippen LogP contribution >= 0.6 is 11.3 Å². The average molecular weight is 491 g/mol. The van der Waals surface area contributed by atoms with Gasteiger partial charge < -0.3 is 20.1 Å². The smallest absolute Gasteiger partial charge is 0.243 e. The van der Waals surface area contributed by atoms with Gasteiger partial charge in [0.05, 0.1) is 36.5 Å². The zero-order chi connectivity index (χ0) is 24.0. The van der Waals surface area contributed by atoms with Gasteiger partial charge in [-0.2, -0.15) is 4.31 Å². The van der Waals surface area contributed by atoms with E-state index in [2.05, 4.69) is 15.6 Å². The number of anilines is 2. The minimum atomic E-state index is -3.85. The summed E-state index contributed by atoms with van der Waals surface area (Å²) in [7, 11) is 0.787. The first kappa shape index (κ1) is 24.5. The monoisotopic (exact) mass is 490 g/mol. The Kier molecular flexibility index (Phi) is 7.90. The molecule has 0 radical (unpaired) electrons. The predicted octanol–water partition coefficient (Wildman–Crippen LogP) is 3.52. The van der Waals surface area contributed by atoms with Gasteiger partial charge >= 0.3 is 0 Å².